The number of carbonyl (C=O) groups excluding carboxylic acids is 1. The van der Waals surface area contributed by atoms with Gasteiger partial charge in [0.05, 0.1) is 12.2 Å². The number of rotatable bonds is 4. The summed E-state index contributed by atoms with van der Waals surface area (Å²) < 4.78 is 24.1. The van der Waals surface area contributed by atoms with E-state index in [1.165, 1.54) is 19.2 Å². The number of hydrogen-bond acceptors (Lipinski definition) is 4. The molecule has 0 bridgehead atoms. The quantitative estimate of drug-likeness (QED) is 0.934. The van der Waals surface area contributed by atoms with E-state index in [1.807, 2.05) is 6.07 Å². The second-order valence-electron chi connectivity index (χ2n) is 5.00. The van der Waals surface area contributed by atoms with Crippen molar-refractivity contribution in [2.75, 3.05) is 13.3 Å². The first-order valence-corrected chi connectivity index (χ1v) is 8.47. The summed E-state index contributed by atoms with van der Waals surface area (Å²) in [5.74, 6) is -1.21. The highest BCUT2D eigenvalue weighted by atomic mass is 32.2. The molecule has 0 aliphatic heterocycles. The van der Waals surface area contributed by atoms with E-state index in [1.54, 1.807) is 36.4 Å². The van der Waals surface area contributed by atoms with Gasteiger partial charge in [0.15, 0.2) is 0 Å². The number of hydrogen-bond donors (Lipinski definition) is 1. The Morgan fingerprint density at radius 1 is 1.00 bits per heavy atom. The molecule has 6 heteroatoms. The normalized spacial score (nSPS) is 12.6. The second kappa shape index (κ2) is 6.19. The number of amides is 1. The molecule has 0 aliphatic carbocycles. The number of sulfonamides is 1. The van der Waals surface area contributed by atoms with E-state index in [0.29, 0.717) is 11.1 Å². The van der Waals surface area contributed by atoms with Gasteiger partial charge in [0, 0.05) is 7.05 Å². The third-order valence-corrected chi connectivity index (χ3v) is 4.59. The van der Waals surface area contributed by atoms with Gasteiger partial charge in [0.2, 0.25) is 15.9 Å². The molecule has 0 fully saturated rings. The van der Waals surface area contributed by atoms with Crippen LogP contribution in [-0.4, -0.2) is 37.0 Å². The molecule has 5 nitrogen and oxygen atoms in total. The molecule has 1 N–H and O–H groups in total. The second-order valence-corrected chi connectivity index (χ2v) is 7.02. The zero-order valence-electron chi connectivity index (χ0n) is 12.3. The van der Waals surface area contributed by atoms with Gasteiger partial charge >= 0.3 is 0 Å². The Morgan fingerprint density at radius 3 is 2.00 bits per heavy atom. The van der Waals surface area contributed by atoms with Crippen LogP contribution in [0.4, 0.5) is 0 Å². The number of carbonyl (C=O) groups is 1. The van der Waals surface area contributed by atoms with Gasteiger partial charge in [0.25, 0.3) is 0 Å². The first kappa shape index (κ1) is 16.0. The predicted molar refractivity (Wildman–Crippen MR) is 84.0 cm³/mol. The third-order valence-electron chi connectivity index (χ3n) is 3.41. The van der Waals surface area contributed by atoms with Crippen LogP contribution in [0.5, 0.6) is 5.75 Å². The van der Waals surface area contributed by atoms with Crippen LogP contribution in [0.15, 0.2) is 54.6 Å². The van der Waals surface area contributed by atoms with Crippen LogP contribution >= 0.6 is 0 Å². The maximum Gasteiger partial charge on any atom is 0.247 e. The van der Waals surface area contributed by atoms with Crippen LogP contribution in [0.1, 0.15) is 17.0 Å². The standard InChI is InChI=1S/C16H17NO4S/c1-17(22(2,20)21)16(19)15(12-6-4-3-5-7-12)13-8-10-14(18)11-9-13/h3-11,15,18H,1-2H3/t15-/m0/s1. The highest BCUT2D eigenvalue weighted by Crippen LogP contribution is 2.28. The van der Waals surface area contributed by atoms with E-state index < -0.39 is 21.8 Å². The van der Waals surface area contributed by atoms with Crippen LogP contribution in [0.2, 0.25) is 0 Å². The fourth-order valence-electron chi connectivity index (χ4n) is 2.14. The lowest BCUT2D eigenvalue weighted by molar-refractivity contribution is -0.126. The minimum absolute atomic E-state index is 0.0829. The highest BCUT2D eigenvalue weighted by molar-refractivity contribution is 7.88. The molecule has 0 heterocycles. The molecule has 2 aromatic carbocycles. The number of phenolic OH excluding ortho intramolecular Hbond substituents is 1. The molecule has 1 atom stereocenters. The van der Waals surface area contributed by atoms with Gasteiger partial charge in [-0.25, -0.2) is 12.7 Å². The fourth-order valence-corrected chi connectivity index (χ4v) is 2.57. The van der Waals surface area contributed by atoms with Crippen molar-refractivity contribution < 1.29 is 18.3 Å². The van der Waals surface area contributed by atoms with E-state index in [2.05, 4.69) is 0 Å². The van der Waals surface area contributed by atoms with Crippen molar-refractivity contribution >= 4 is 15.9 Å². The monoisotopic (exact) mass is 319 g/mol. The Labute approximate surface area is 129 Å². The van der Waals surface area contributed by atoms with E-state index in [0.717, 1.165) is 10.6 Å². The summed E-state index contributed by atoms with van der Waals surface area (Å²) in [5, 5.41) is 9.39. The van der Waals surface area contributed by atoms with E-state index >= 15 is 0 Å². The first-order chi connectivity index (χ1) is 10.3. The number of likely N-dealkylation sites (N-methyl/N-ethyl adjacent to an activating group) is 1. The van der Waals surface area contributed by atoms with Gasteiger partial charge in [-0.1, -0.05) is 42.5 Å². The minimum atomic E-state index is -3.64. The van der Waals surface area contributed by atoms with Crippen LogP contribution in [-0.2, 0) is 14.8 Å². The van der Waals surface area contributed by atoms with Crippen molar-refractivity contribution in [2.45, 2.75) is 5.92 Å². The summed E-state index contributed by atoms with van der Waals surface area (Å²) >= 11 is 0. The molecule has 0 saturated heterocycles. The Balaban J connectivity index is 2.51. The van der Waals surface area contributed by atoms with Gasteiger partial charge in [-0.3, -0.25) is 4.79 Å². The van der Waals surface area contributed by atoms with E-state index in [-0.39, 0.29) is 5.75 Å². The summed E-state index contributed by atoms with van der Waals surface area (Å²) in [6.45, 7) is 0. The number of benzene rings is 2. The molecule has 0 spiro atoms. The van der Waals surface area contributed by atoms with Gasteiger partial charge in [-0.15, -0.1) is 0 Å². The summed E-state index contributed by atoms with van der Waals surface area (Å²) in [4.78, 5) is 12.7. The van der Waals surface area contributed by atoms with Crippen LogP contribution in [0.3, 0.4) is 0 Å². The molecule has 2 rings (SSSR count). The zero-order chi connectivity index (χ0) is 16.3. The molecular weight excluding hydrogens is 302 g/mol. The van der Waals surface area contributed by atoms with Crippen molar-refractivity contribution in [1.82, 2.24) is 4.31 Å². The number of nitrogens with zero attached hydrogens (tertiary/aromatic N) is 1. The number of aromatic hydroxyl groups is 1. The van der Waals surface area contributed by atoms with Crippen molar-refractivity contribution in [2.24, 2.45) is 0 Å². The Hall–Kier alpha value is -2.34. The van der Waals surface area contributed by atoms with Gasteiger partial charge in [0.1, 0.15) is 5.75 Å². The molecule has 22 heavy (non-hydrogen) atoms. The molecule has 0 aliphatic rings. The van der Waals surface area contributed by atoms with Crippen LogP contribution < -0.4 is 0 Å². The highest BCUT2D eigenvalue weighted by Gasteiger charge is 2.29. The summed E-state index contributed by atoms with van der Waals surface area (Å²) in [6, 6.07) is 15.1. The summed E-state index contributed by atoms with van der Waals surface area (Å²) in [7, 11) is -2.39. The van der Waals surface area contributed by atoms with E-state index in [9.17, 15) is 18.3 Å². The fraction of sp³-hybridized carbons (Fsp3) is 0.188. The third kappa shape index (κ3) is 3.46. The minimum Gasteiger partial charge on any atom is -0.508 e. The maximum absolute atomic E-state index is 12.7. The van der Waals surface area contributed by atoms with Crippen molar-refractivity contribution in [1.29, 1.82) is 0 Å². The molecule has 1 amide bonds. The summed E-state index contributed by atoms with van der Waals surface area (Å²) in [6.07, 6.45) is 0.990. The molecule has 0 radical (unpaired) electrons. The number of phenols is 1. The SMILES string of the molecule is CN(C(=O)[C@@H](c1ccccc1)c1ccc(O)cc1)S(C)(=O)=O. The van der Waals surface area contributed by atoms with Crippen molar-refractivity contribution in [3.63, 3.8) is 0 Å². The molecule has 2 aromatic rings. The Bertz CT molecular complexity index is 754. The Kier molecular flexibility index (Phi) is 4.51. The van der Waals surface area contributed by atoms with Crippen LogP contribution in [0.25, 0.3) is 0 Å². The van der Waals surface area contributed by atoms with E-state index in [4.69, 9.17) is 0 Å². The van der Waals surface area contributed by atoms with Gasteiger partial charge < -0.3 is 5.11 Å². The Morgan fingerprint density at radius 2 is 1.50 bits per heavy atom. The molecule has 116 valence electrons. The van der Waals surface area contributed by atoms with Crippen molar-refractivity contribution in [3.05, 3.63) is 65.7 Å². The van der Waals surface area contributed by atoms with Gasteiger partial charge in [-0.05, 0) is 23.3 Å². The topological polar surface area (TPSA) is 74.7 Å². The maximum atomic E-state index is 12.7. The first-order valence-electron chi connectivity index (χ1n) is 6.62. The van der Waals surface area contributed by atoms with Gasteiger partial charge in [-0.2, -0.15) is 0 Å². The molecule has 0 unspecified atom stereocenters. The molecular formula is C16H17NO4S. The lowest BCUT2D eigenvalue weighted by Gasteiger charge is -2.23. The smallest absolute Gasteiger partial charge is 0.247 e. The molecule has 0 aromatic heterocycles. The lowest BCUT2D eigenvalue weighted by atomic mass is 9.90. The lowest BCUT2D eigenvalue weighted by Crippen LogP contribution is -2.36. The van der Waals surface area contributed by atoms with Crippen LogP contribution in [0, 0.1) is 0 Å². The average molecular weight is 319 g/mol. The molecule has 0 saturated carbocycles. The summed E-state index contributed by atoms with van der Waals surface area (Å²) in [5.41, 5.74) is 1.30. The largest absolute Gasteiger partial charge is 0.508 e. The average Bonchev–Trinajstić information content (AvgIpc) is 2.49. The van der Waals surface area contributed by atoms with Crippen molar-refractivity contribution in [3.8, 4) is 5.75 Å². The zero-order valence-corrected chi connectivity index (χ0v) is 13.1. The predicted octanol–water partition coefficient (Wildman–Crippen LogP) is 1.94.